The van der Waals surface area contributed by atoms with E-state index in [-0.39, 0.29) is 24.3 Å². The van der Waals surface area contributed by atoms with Crippen LogP contribution in [0.3, 0.4) is 0 Å². The Kier molecular flexibility index (Phi) is 5.05. The van der Waals surface area contributed by atoms with Crippen molar-refractivity contribution >= 4 is 34.3 Å². The first-order valence-corrected chi connectivity index (χ1v) is 11.7. The van der Waals surface area contributed by atoms with E-state index in [1.165, 1.54) is 0 Å². The van der Waals surface area contributed by atoms with Crippen molar-refractivity contribution in [3.05, 3.63) is 70.4 Å². The minimum absolute atomic E-state index is 0.0110. The molecule has 0 spiro atoms. The molecule has 2 aliphatic heterocycles. The Bertz CT molecular complexity index is 1220. The molecule has 2 amide bonds. The van der Waals surface area contributed by atoms with Crippen molar-refractivity contribution in [2.24, 2.45) is 5.92 Å². The van der Waals surface area contributed by atoms with Gasteiger partial charge in [0.15, 0.2) is 5.54 Å². The third kappa shape index (κ3) is 3.06. The molecule has 1 aromatic heterocycles. The lowest BCUT2D eigenvalue weighted by Gasteiger charge is -2.51. The van der Waals surface area contributed by atoms with Gasteiger partial charge in [-0.1, -0.05) is 61.8 Å². The molecular weight excluding hydrogens is 422 g/mol. The number of aromatic nitrogens is 1. The van der Waals surface area contributed by atoms with Crippen LogP contribution in [0.1, 0.15) is 49.9 Å². The van der Waals surface area contributed by atoms with Crippen LogP contribution < -0.4 is 0 Å². The Morgan fingerprint density at radius 3 is 2.59 bits per heavy atom. The molecule has 0 bridgehead atoms. The highest BCUT2D eigenvalue weighted by atomic mass is 35.5. The molecule has 0 aliphatic carbocycles. The van der Waals surface area contributed by atoms with Crippen LogP contribution in [-0.2, 0) is 15.1 Å². The van der Waals surface area contributed by atoms with E-state index in [0.717, 1.165) is 34.1 Å². The van der Waals surface area contributed by atoms with Crippen LogP contribution in [0.5, 0.6) is 0 Å². The van der Waals surface area contributed by atoms with Gasteiger partial charge in [-0.25, -0.2) is 0 Å². The quantitative estimate of drug-likeness (QED) is 0.616. The lowest BCUT2D eigenvalue weighted by Crippen LogP contribution is -2.67. The molecule has 3 heterocycles. The molecule has 166 valence electrons. The topological polar surface area (TPSA) is 56.4 Å². The number of carbonyl (C=O) groups excluding carboxylic acids is 2. The van der Waals surface area contributed by atoms with Crippen molar-refractivity contribution in [3.63, 3.8) is 0 Å². The first kappa shape index (κ1) is 21.1. The van der Waals surface area contributed by atoms with Crippen molar-refractivity contribution in [2.75, 3.05) is 19.6 Å². The fraction of sp³-hybridized carbons (Fsp3) is 0.385. The lowest BCUT2D eigenvalue weighted by molar-refractivity contribution is -0.166. The zero-order valence-electron chi connectivity index (χ0n) is 18.7. The number of H-pyrrole nitrogens is 1. The number of nitrogens with one attached hydrogen (secondary N) is 1. The number of para-hydroxylation sites is 1. The molecule has 3 aromatic rings. The highest BCUT2D eigenvalue weighted by Crippen LogP contribution is 2.49. The van der Waals surface area contributed by atoms with Gasteiger partial charge in [-0.15, -0.1) is 0 Å². The van der Waals surface area contributed by atoms with Crippen molar-refractivity contribution in [2.45, 2.75) is 38.6 Å². The molecule has 5 nitrogen and oxygen atoms in total. The largest absolute Gasteiger partial charge is 0.356 e. The fourth-order valence-electron chi connectivity index (χ4n) is 5.31. The van der Waals surface area contributed by atoms with Gasteiger partial charge in [-0.05, 0) is 42.5 Å². The van der Waals surface area contributed by atoms with E-state index in [1.807, 2.05) is 49.4 Å². The second kappa shape index (κ2) is 7.66. The van der Waals surface area contributed by atoms with Gasteiger partial charge >= 0.3 is 0 Å². The van der Waals surface area contributed by atoms with Crippen LogP contribution >= 0.6 is 11.6 Å². The predicted molar refractivity (Wildman–Crippen MR) is 127 cm³/mol. The zero-order valence-corrected chi connectivity index (χ0v) is 19.4. The van der Waals surface area contributed by atoms with E-state index in [0.29, 0.717) is 24.0 Å². The summed E-state index contributed by atoms with van der Waals surface area (Å²) < 4.78 is 0. The van der Waals surface area contributed by atoms with E-state index in [1.54, 1.807) is 9.80 Å². The van der Waals surface area contributed by atoms with Crippen molar-refractivity contribution in [3.8, 4) is 0 Å². The first-order valence-electron chi connectivity index (χ1n) is 11.3. The maximum Gasteiger partial charge on any atom is 0.254 e. The van der Waals surface area contributed by atoms with Gasteiger partial charge in [-0.2, -0.15) is 0 Å². The second-order valence-electron chi connectivity index (χ2n) is 9.52. The summed E-state index contributed by atoms with van der Waals surface area (Å²) in [6.07, 6.45) is 0.872. The summed E-state index contributed by atoms with van der Waals surface area (Å²) in [5, 5.41) is 1.75. The Hall–Kier alpha value is -2.79. The van der Waals surface area contributed by atoms with E-state index in [4.69, 9.17) is 11.6 Å². The summed E-state index contributed by atoms with van der Waals surface area (Å²) >= 11 is 6.62. The van der Waals surface area contributed by atoms with Crippen LogP contribution in [-0.4, -0.2) is 46.2 Å². The Morgan fingerprint density at radius 1 is 1.12 bits per heavy atom. The van der Waals surface area contributed by atoms with Crippen LogP contribution in [0.25, 0.3) is 10.9 Å². The van der Waals surface area contributed by atoms with Gasteiger partial charge in [0.25, 0.3) is 5.91 Å². The lowest BCUT2D eigenvalue weighted by atomic mass is 9.76. The monoisotopic (exact) mass is 449 g/mol. The summed E-state index contributed by atoms with van der Waals surface area (Å²) in [5.41, 5.74) is 2.77. The number of piperazine rings is 1. The van der Waals surface area contributed by atoms with Crippen LogP contribution in [0, 0.1) is 5.92 Å². The molecule has 6 heteroatoms. The normalized spacial score (nSPS) is 23.1. The molecule has 32 heavy (non-hydrogen) atoms. The molecular formula is C26H28ClN3O2. The predicted octanol–water partition coefficient (Wildman–Crippen LogP) is 4.90. The second-order valence-corrected chi connectivity index (χ2v) is 9.93. The number of amides is 2. The fourth-order valence-corrected chi connectivity index (χ4v) is 5.58. The van der Waals surface area contributed by atoms with Crippen LogP contribution in [0.15, 0.2) is 48.5 Å². The minimum atomic E-state index is -1.06. The number of rotatable bonds is 4. The molecule has 0 unspecified atom stereocenters. The van der Waals surface area contributed by atoms with Gasteiger partial charge in [0.05, 0.1) is 12.2 Å². The standard InChI is InChI=1S/C26H28ClN3O2/c1-16(2)12-13-29-15-22(31)30-14-19(17-8-4-6-10-20(17)27)23-18-9-5-7-11-21(18)28-24(23)26(30,3)25(29)32/h4-11,16,19,28H,12-15H2,1-3H3/t19-,26-/m0/s1. The molecule has 0 radical (unpaired) electrons. The number of hydrogen-bond acceptors (Lipinski definition) is 2. The van der Waals surface area contributed by atoms with Gasteiger partial charge in [-0.3, -0.25) is 9.59 Å². The van der Waals surface area contributed by atoms with E-state index < -0.39 is 5.54 Å². The van der Waals surface area contributed by atoms with Crippen LogP contribution in [0.2, 0.25) is 5.02 Å². The minimum Gasteiger partial charge on any atom is -0.356 e. The molecule has 5 rings (SSSR count). The third-order valence-electron chi connectivity index (χ3n) is 7.07. The Balaban J connectivity index is 1.71. The summed E-state index contributed by atoms with van der Waals surface area (Å²) in [6.45, 7) is 7.31. The molecule has 2 aromatic carbocycles. The molecule has 1 N–H and O–H groups in total. The third-order valence-corrected chi connectivity index (χ3v) is 7.42. The zero-order chi connectivity index (χ0) is 22.6. The summed E-state index contributed by atoms with van der Waals surface area (Å²) in [4.78, 5) is 34.3. The highest BCUT2D eigenvalue weighted by molar-refractivity contribution is 6.31. The van der Waals surface area contributed by atoms with Crippen molar-refractivity contribution < 1.29 is 9.59 Å². The SMILES string of the molecule is CC(C)CCN1CC(=O)N2C[C@@H](c3ccccc3Cl)c3c([nH]c4ccccc34)[C@@]2(C)C1=O. The summed E-state index contributed by atoms with van der Waals surface area (Å²) in [5.74, 6) is 0.325. The van der Waals surface area contributed by atoms with Gasteiger partial charge in [0.1, 0.15) is 0 Å². The molecule has 1 fully saturated rings. The van der Waals surface area contributed by atoms with Gasteiger partial charge in [0, 0.05) is 34.9 Å². The highest BCUT2D eigenvalue weighted by Gasteiger charge is 2.56. The average Bonchev–Trinajstić information content (AvgIpc) is 3.17. The number of benzene rings is 2. The molecule has 0 saturated carbocycles. The maximum atomic E-state index is 13.9. The van der Waals surface area contributed by atoms with Crippen molar-refractivity contribution in [1.82, 2.24) is 14.8 Å². The van der Waals surface area contributed by atoms with Gasteiger partial charge < -0.3 is 14.8 Å². The average molecular weight is 450 g/mol. The number of carbonyl (C=O) groups is 2. The maximum absolute atomic E-state index is 13.9. The molecule has 2 atom stereocenters. The number of aromatic amines is 1. The molecule has 1 saturated heterocycles. The number of nitrogens with zero attached hydrogens (tertiary/aromatic N) is 2. The number of hydrogen-bond donors (Lipinski definition) is 1. The van der Waals surface area contributed by atoms with E-state index >= 15 is 0 Å². The molecule has 2 aliphatic rings. The number of halogens is 1. The summed E-state index contributed by atoms with van der Waals surface area (Å²) in [6, 6.07) is 15.9. The van der Waals surface area contributed by atoms with Crippen LogP contribution in [0.4, 0.5) is 0 Å². The van der Waals surface area contributed by atoms with Crippen molar-refractivity contribution in [1.29, 1.82) is 0 Å². The Morgan fingerprint density at radius 2 is 1.84 bits per heavy atom. The van der Waals surface area contributed by atoms with E-state index in [2.05, 4.69) is 24.9 Å². The smallest absolute Gasteiger partial charge is 0.254 e. The van der Waals surface area contributed by atoms with E-state index in [9.17, 15) is 9.59 Å². The Labute approximate surface area is 193 Å². The van der Waals surface area contributed by atoms with Gasteiger partial charge in [0.2, 0.25) is 5.91 Å². The number of fused-ring (bicyclic) bond motifs is 5. The summed E-state index contributed by atoms with van der Waals surface area (Å²) in [7, 11) is 0. The first-order chi connectivity index (χ1) is 15.3.